The lowest BCUT2D eigenvalue weighted by atomic mass is 9.98. The van der Waals surface area contributed by atoms with E-state index in [2.05, 4.69) is 10.2 Å². The molecule has 1 saturated heterocycles. The topological polar surface area (TPSA) is 24.5 Å². The number of halogens is 2. The van der Waals surface area contributed by atoms with Crippen molar-refractivity contribution in [3.05, 3.63) is 29.6 Å². The van der Waals surface area contributed by atoms with Crippen molar-refractivity contribution in [3.8, 4) is 5.75 Å². The van der Waals surface area contributed by atoms with Gasteiger partial charge in [0, 0.05) is 32.2 Å². The summed E-state index contributed by atoms with van der Waals surface area (Å²) in [5, 5.41) is 3.40. The van der Waals surface area contributed by atoms with E-state index in [9.17, 15) is 4.39 Å². The second kappa shape index (κ2) is 7.43. The van der Waals surface area contributed by atoms with E-state index in [0.717, 1.165) is 32.1 Å². The van der Waals surface area contributed by atoms with E-state index in [-0.39, 0.29) is 18.2 Å². The summed E-state index contributed by atoms with van der Waals surface area (Å²) in [6.45, 7) is 4.22. The fraction of sp³-hybridized carbons (Fsp3) is 0.625. The normalized spacial score (nSPS) is 20.7. The Balaban J connectivity index is 0.00000161. The summed E-state index contributed by atoms with van der Waals surface area (Å²) in [5.74, 6) is 0.936. The van der Waals surface area contributed by atoms with Gasteiger partial charge in [-0.3, -0.25) is 4.90 Å². The first-order valence-electron chi connectivity index (χ1n) is 7.56. The van der Waals surface area contributed by atoms with Gasteiger partial charge in [0.25, 0.3) is 0 Å². The average molecular weight is 315 g/mol. The predicted octanol–water partition coefficient (Wildman–Crippen LogP) is 3.00. The fourth-order valence-corrected chi connectivity index (χ4v) is 3.04. The van der Waals surface area contributed by atoms with Gasteiger partial charge in [0.15, 0.2) is 11.6 Å². The first-order chi connectivity index (χ1) is 9.78. The Morgan fingerprint density at radius 3 is 2.67 bits per heavy atom. The SMILES string of the molecule is COc1cc([C@H](CC2CC2)N2CCNCC2)ccc1F.Cl. The number of benzene rings is 1. The van der Waals surface area contributed by atoms with Gasteiger partial charge in [-0.05, 0) is 30.0 Å². The van der Waals surface area contributed by atoms with Gasteiger partial charge in [0.05, 0.1) is 7.11 Å². The highest BCUT2D eigenvalue weighted by Crippen LogP contribution is 2.40. The number of nitrogens with zero attached hydrogens (tertiary/aromatic N) is 1. The van der Waals surface area contributed by atoms with E-state index >= 15 is 0 Å². The molecule has 0 unspecified atom stereocenters. The third kappa shape index (κ3) is 4.09. The van der Waals surface area contributed by atoms with Gasteiger partial charge in [0.2, 0.25) is 0 Å². The highest BCUT2D eigenvalue weighted by molar-refractivity contribution is 5.85. The Kier molecular flexibility index (Phi) is 5.85. The molecular weight excluding hydrogens is 291 g/mol. The first-order valence-corrected chi connectivity index (χ1v) is 7.56. The number of piperazine rings is 1. The van der Waals surface area contributed by atoms with Crippen LogP contribution in [0.15, 0.2) is 18.2 Å². The molecule has 3 rings (SSSR count). The largest absolute Gasteiger partial charge is 0.494 e. The lowest BCUT2D eigenvalue weighted by Crippen LogP contribution is -2.45. The fourth-order valence-electron chi connectivity index (χ4n) is 3.04. The van der Waals surface area contributed by atoms with Gasteiger partial charge in [0.1, 0.15) is 0 Å². The molecule has 1 aliphatic heterocycles. The maximum absolute atomic E-state index is 13.6. The predicted molar refractivity (Wildman–Crippen MR) is 84.7 cm³/mol. The zero-order valence-corrected chi connectivity index (χ0v) is 13.3. The van der Waals surface area contributed by atoms with E-state index < -0.39 is 0 Å². The molecule has 118 valence electrons. The Hall–Kier alpha value is -0.840. The monoisotopic (exact) mass is 314 g/mol. The lowest BCUT2D eigenvalue weighted by Gasteiger charge is -2.35. The van der Waals surface area contributed by atoms with Crippen LogP contribution in [0.4, 0.5) is 4.39 Å². The minimum absolute atomic E-state index is 0. The second-order valence-electron chi connectivity index (χ2n) is 5.87. The molecule has 21 heavy (non-hydrogen) atoms. The number of methoxy groups -OCH3 is 1. The van der Waals surface area contributed by atoms with Crippen LogP contribution in [0.5, 0.6) is 5.75 Å². The van der Waals surface area contributed by atoms with Crippen molar-refractivity contribution < 1.29 is 9.13 Å². The molecular formula is C16H24ClFN2O. The van der Waals surface area contributed by atoms with Gasteiger partial charge < -0.3 is 10.1 Å². The Morgan fingerprint density at radius 1 is 1.33 bits per heavy atom. The maximum atomic E-state index is 13.6. The number of hydrogen-bond donors (Lipinski definition) is 1. The summed E-state index contributed by atoms with van der Waals surface area (Å²) in [4.78, 5) is 2.53. The van der Waals surface area contributed by atoms with Crippen LogP contribution in [0.25, 0.3) is 0 Å². The zero-order chi connectivity index (χ0) is 13.9. The van der Waals surface area contributed by atoms with Gasteiger partial charge in [-0.25, -0.2) is 4.39 Å². The standard InChI is InChI=1S/C16H23FN2O.ClH/c1-20-16-11-13(4-5-14(16)17)15(10-12-2-3-12)19-8-6-18-7-9-19;/h4-5,11-12,15,18H,2-3,6-10H2,1H3;1H/t15-;/m0./s1. The summed E-state index contributed by atoms with van der Waals surface area (Å²) >= 11 is 0. The summed E-state index contributed by atoms with van der Waals surface area (Å²) in [5.41, 5.74) is 1.19. The number of nitrogens with one attached hydrogen (secondary N) is 1. The van der Waals surface area contributed by atoms with E-state index in [1.165, 1.54) is 38.0 Å². The molecule has 0 amide bonds. The van der Waals surface area contributed by atoms with E-state index in [1.807, 2.05) is 12.1 Å². The quantitative estimate of drug-likeness (QED) is 0.904. The van der Waals surface area contributed by atoms with E-state index in [1.54, 1.807) is 0 Å². The average Bonchev–Trinajstić information content (AvgIpc) is 3.30. The molecule has 5 heteroatoms. The van der Waals surface area contributed by atoms with Gasteiger partial charge >= 0.3 is 0 Å². The number of ether oxygens (including phenoxy) is 1. The summed E-state index contributed by atoms with van der Waals surface area (Å²) in [6.07, 6.45) is 3.89. The number of hydrogen-bond acceptors (Lipinski definition) is 3. The third-order valence-corrected chi connectivity index (χ3v) is 4.41. The van der Waals surface area contributed by atoms with Crippen molar-refractivity contribution in [2.45, 2.75) is 25.3 Å². The molecule has 2 fully saturated rings. The highest BCUT2D eigenvalue weighted by Gasteiger charge is 2.30. The minimum Gasteiger partial charge on any atom is -0.494 e. The molecule has 1 N–H and O–H groups in total. The van der Waals surface area contributed by atoms with Crippen LogP contribution in [0.3, 0.4) is 0 Å². The molecule has 0 aromatic heterocycles. The molecule has 3 nitrogen and oxygen atoms in total. The second-order valence-corrected chi connectivity index (χ2v) is 5.87. The van der Waals surface area contributed by atoms with E-state index in [0.29, 0.717) is 11.8 Å². The molecule has 1 atom stereocenters. The van der Waals surface area contributed by atoms with Gasteiger partial charge in [-0.1, -0.05) is 18.9 Å². The van der Waals surface area contributed by atoms with Gasteiger partial charge in [-0.15, -0.1) is 12.4 Å². The van der Waals surface area contributed by atoms with Crippen molar-refractivity contribution in [3.63, 3.8) is 0 Å². The summed E-state index contributed by atoms with van der Waals surface area (Å²) in [6, 6.07) is 5.74. The van der Waals surface area contributed by atoms with E-state index in [4.69, 9.17) is 4.74 Å². The Labute approximate surface area is 132 Å². The van der Waals surface area contributed by atoms with Crippen LogP contribution in [-0.4, -0.2) is 38.2 Å². The van der Waals surface area contributed by atoms with Crippen LogP contribution in [0, 0.1) is 11.7 Å². The first kappa shape index (κ1) is 16.5. The maximum Gasteiger partial charge on any atom is 0.165 e. The van der Waals surface area contributed by atoms with Gasteiger partial charge in [-0.2, -0.15) is 0 Å². The minimum atomic E-state index is -0.276. The molecule has 1 aromatic carbocycles. The lowest BCUT2D eigenvalue weighted by molar-refractivity contribution is 0.160. The molecule has 0 bridgehead atoms. The zero-order valence-electron chi connectivity index (χ0n) is 12.5. The molecule has 1 saturated carbocycles. The summed E-state index contributed by atoms with van der Waals surface area (Å²) in [7, 11) is 1.53. The molecule has 1 heterocycles. The van der Waals surface area contributed by atoms with Crippen molar-refractivity contribution in [1.29, 1.82) is 0 Å². The third-order valence-electron chi connectivity index (χ3n) is 4.41. The van der Waals surface area contributed by atoms with Crippen molar-refractivity contribution >= 4 is 12.4 Å². The summed E-state index contributed by atoms with van der Waals surface area (Å²) < 4.78 is 18.7. The van der Waals surface area contributed by atoms with Crippen molar-refractivity contribution in [1.82, 2.24) is 10.2 Å². The Bertz CT molecular complexity index is 462. The van der Waals surface area contributed by atoms with Crippen molar-refractivity contribution in [2.75, 3.05) is 33.3 Å². The van der Waals surface area contributed by atoms with Crippen LogP contribution in [-0.2, 0) is 0 Å². The smallest absolute Gasteiger partial charge is 0.165 e. The molecule has 2 aliphatic rings. The molecule has 1 aliphatic carbocycles. The van der Waals surface area contributed by atoms with Crippen LogP contribution < -0.4 is 10.1 Å². The Morgan fingerprint density at radius 2 is 2.05 bits per heavy atom. The van der Waals surface area contributed by atoms with Crippen LogP contribution >= 0.6 is 12.4 Å². The molecule has 0 spiro atoms. The molecule has 1 aromatic rings. The number of rotatable bonds is 5. The van der Waals surface area contributed by atoms with Crippen LogP contribution in [0.1, 0.15) is 30.9 Å². The highest BCUT2D eigenvalue weighted by atomic mass is 35.5. The van der Waals surface area contributed by atoms with Crippen LogP contribution in [0.2, 0.25) is 0 Å². The molecule has 0 radical (unpaired) electrons. The van der Waals surface area contributed by atoms with Crippen molar-refractivity contribution in [2.24, 2.45) is 5.92 Å².